The zero-order valence-electron chi connectivity index (χ0n) is 13.1. The second-order valence-electron chi connectivity index (χ2n) is 5.35. The van der Waals surface area contributed by atoms with Crippen molar-refractivity contribution in [3.63, 3.8) is 0 Å². The van der Waals surface area contributed by atoms with Gasteiger partial charge in [0.15, 0.2) is 0 Å². The van der Waals surface area contributed by atoms with Crippen molar-refractivity contribution in [2.45, 2.75) is 6.92 Å². The number of rotatable bonds is 2. The number of halogens is 2. The average molecular weight is 419 g/mol. The minimum atomic E-state index is -0.452. The van der Waals surface area contributed by atoms with Crippen molar-refractivity contribution in [2.75, 3.05) is 0 Å². The highest BCUT2D eigenvalue weighted by atomic mass is 79.9. The number of pyridine rings is 1. The van der Waals surface area contributed by atoms with E-state index in [4.69, 9.17) is 11.6 Å². The lowest BCUT2D eigenvalue weighted by atomic mass is 10.1. The van der Waals surface area contributed by atoms with Gasteiger partial charge in [0.05, 0.1) is 22.3 Å². The molecule has 25 heavy (non-hydrogen) atoms. The summed E-state index contributed by atoms with van der Waals surface area (Å²) in [7, 11) is 0. The van der Waals surface area contributed by atoms with Crippen LogP contribution in [-0.2, 0) is 0 Å². The number of nitrogens with zero attached hydrogens (tertiary/aromatic N) is 1. The molecular formula is C18H13BrClN3O2. The van der Waals surface area contributed by atoms with Gasteiger partial charge in [0.25, 0.3) is 11.8 Å². The molecule has 0 aliphatic heterocycles. The summed E-state index contributed by atoms with van der Waals surface area (Å²) in [5.74, 6) is -0.873. The van der Waals surface area contributed by atoms with Crippen molar-refractivity contribution in [2.24, 2.45) is 0 Å². The minimum Gasteiger partial charge on any atom is -0.267 e. The Balaban J connectivity index is 1.79. The number of benzene rings is 2. The molecule has 2 N–H and O–H groups in total. The van der Waals surface area contributed by atoms with E-state index in [0.29, 0.717) is 26.3 Å². The van der Waals surface area contributed by atoms with Crippen LogP contribution in [0.1, 0.15) is 26.4 Å². The molecule has 0 spiro atoms. The van der Waals surface area contributed by atoms with E-state index in [1.54, 1.807) is 55.5 Å². The van der Waals surface area contributed by atoms with Gasteiger partial charge in [-0.3, -0.25) is 25.4 Å². The van der Waals surface area contributed by atoms with Gasteiger partial charge in [-0.15, -0.1) is 0 Å². The van der Waals surface area contributed by atoms with Crippen LogP contribution in [0.25, 0.3) is 10.9 Å². The average Bonchev–Trinajstić information content (AvgIpc) is 2.59. The first-order chi connectivity index (χ1) is 12.0. The standard InChI is InChI=1S/C18H13BrClN3O2/c1-10-14(9-11-8-12(20)6-7-16(11)21-10)18(25)23-22-17(24)13-4-2-3-5-15(13)19/h2-9H,1H3,(H,22,24)(H,23,25). The van der Waals surface area contributed by atoms with Gasteiger partial charge < -0.3 is 0 Å². The van der Waals surface area contributed by atoms with Crippen LogP contribution in [0.15, 0.2) is 53.0 Å². The molecular weight excluding hydrogens is 406 g/mol. The molecule has 0 unspecified atom stereocenters. The summed E-state index contributed by atoms with van der Waals surface area (Å²) in [5, 5.41) is 1.31. The highest BCUT2D eigenvalue weighted by Crippen LogP contribution is 2.20. The SMILES string of the molecule is Cc1nc2ccc(Cl)cc2cc1C(=O)NNC(=O)c1ccccc1Br. The quantitative estimate of drug-likeness (QED) is 0.617. The Labute approximate surface area is 157 Å². The molecule has 7 heteroatoms. The summed E-state index contributed by atoms with van der Waals surface area (Å²) in [6.45, 7) is 1.73. The molecule has 2 amide bonds. The third-order valence-corrected chi connectivity index (χ3v) is 4.55. The number of nitrogens with one attached hydrogen (secondary N) is 2. The van der Waals surface area contributed by atoms with Gasteiger partial charge in [-0.25, -0.2) is 0 Å². The number of fused-ring (bicyclic) bond motifs is 1. The molecule has 0 aliphatic rings. The summed E-state index contributed by atoms with van der Waals surface area (Å²) in [6, 6.07) is 13.9. The Morgan fingerprint density at radius 3 is 2.40 bits per heavy atom. The number of aromatic nitrogens is 1. The van der Waals surface area contributed by atoms with Crippen LogP contribution in [0.3, 0.4) is 0 Å². The van der Waals surface area contributed by atoms with Crippen LogP contribution in [-0.4, -0.2) is 16.8 Å². The molecule has 2 aromatic carbocycles. The number of aryl methyl sites for hydroxylation is 1. The predicted molar refractivity (Wildman–Crippen MR) is 101 cm³/mol. The summed E-state index contributed by atoms with van der Waals surface area (Å²) >= 11 is 9.28. The molecule has 0 saturated carbocycles. The molecule has 0 bridgehead atoms. The third kappa shape index (κ3) is 3.81. The molecule has 5 nitrogen and oxygen atoms in total. The van der Waals surface area contributed by atoms with Crippen LogP contribution < -0.4 is 10.9 Å². The monoisotopic (exact) mass is 417 g/mol. The Kier molecular flexibility index (Phi) is 5.01. The fourth-order valence-electron chi connectivity index (χ4n) is 2.37. The lowest BCUT2D eigenvalue weighted by Gasteiger charge is -2.11. The largest absolute Gasteiger partial charge is 0.271 e. The Hall–Kier alpha value is -2.44. The topological polar surface area (TPSA) is 71.1 Å². The van der Waals surface area contributed by atoms with E-state index >= 15 is 0 Å². The summed E-state index contributed by atoms with van der Waals surface area (Å²) in [4.78, 5) is 29.0. The van der Waals surface area contributed by atoms with Crippen molar-refractivity contribution < 1.29 is 9.59 Å². The first-order valence-electron chi connectivity index (χ1n) is 7.38. The lowest BCUT2D eigenvalue weighted by Crippen LogP contribution is -2.42. The molecule has 0 atom stereocenters. The molecule has 3 aromatic rings. The van der Waals surface area contributed by atoms with E-state index in [2.05, 4.69) is 31.8 Å². The van der Waals surface area contributed by atoms with Crippen LogP contribution in [0, 0.1) is 6.92 Å². The number of amides is 2. The summed E-state index contributed by atoms with van der Waals surface area (Å²) in [6.07, 6.45) is 0. The molecule has 126 valence electrons. The van der Waals surface area contributed by atoms with E-state index in [1.807, 2.05) is 0 Å². The first kappa shape index (κ1) is 17.4. The molecule has 0 saturated heterocycles. The highest BCUT2D eigenvalue weighted by molar-refractivity contribution is 9.10. The highest BCUT2D eigenvalue weighted by Gasteiger charge is 2.14. The second-order valence-corrected chi connectivity index (χ2v) is 6.64. The molecule has 0 fully saturated rings. The van der Waals surface area contributed by atoms with Gasteiger partial charge in [-0.2, -0.15) is 0 Å². The fourth-order valence-corrected chi connectivity index (χ4v) is 3.01. The number of carbonyl (C=O) groups excluding carboxylic acids is 2. The number of carbonyl (C=O) groups is 2. The van der Waals surface area contributed by atoms with E-state index < -0.39 is 11.8 Å². The van der Waals surface area contributed by atoms with E-state index in [0.717, 1.165) is 10.9 Å². The summed E-state index contributed by atoms with van der Waals surface area (Å²) < 4.78 is 0.639. The molecule has 0 aliphatic carbocycles. The molecule has 1 aromatic heterocycles. The summed E-state index contributed by atoms with van der Waals surface area (Å²) in [5.41, 5.74) is 6.90. The molecule has 1 heterocycles. The fraction of sp³-hybridized carbons (Fsp3) is 0.0556. The zero-order valence-corrected chi connectivity index (χ0v) is 15.5. The Morgan fingerprint density at radius 1 is 1.00 bits per heavy atom. The maximum absolute atomic E-state index is 12.4. The first-order valence-corrected chi connectivity index (χ1v) is 8.55. The van der Waals surface area contributed by atoms with Gasteiger partial charge in [0, 0.05) is 14.9 Å². The van der Waals surface area contributed by atoms with E-state index in [1.165, 1.54) is 0 Å². The van der Waals surface area contributed by atoms with E-state index in [-0.39, 0.29) is 0 Å². The van der Waals surface area contributed by atoms with Crippen LogP contribution in [0.4, 0.5) is 0 Å². The van der Waals surface area contributed by atoms with E-state index in [9.17, 15) is 9.59 Å². The van der Waals surface area contributed by atoms with Gasteiger partial charge in [-0.05, 0) is 59.3 Å². The van der Waals surface area contributed by atoms with Gasteiger partial charge in [0.2, 0.25) is 0 Å². The Bertz CT molecular complexity index is 991. The maximum Gasteiger partial charge on any atom is 0.271 e. The lowest BCUT2D eigenvalue weighted by molar-refractivity contribution is 0.0845. The van der Waals surface area contributed by atoms with Crippen molar-refractivity contribution in [3.8, 4) is 0 Å². The van der Waals surface area contributed by atoms with Crippen molar-refractivity contribution >= 4 is 50.2 Å². The molecule has 0 radical (unpaired) electrons. The minimum absolute atomic E-state index is 0.363. The van der Waals surface area contributed by atoms with Crippen LogP contribution >= 0.6 is 27.5 Å². The Morgan fingerprint density at radius 2 is 1.68 bits per heavy atom. The van der Waals surface area contributed by atoms with Crippen LogP contribution in [0.2, 0.25) is 5.02 Å². The molecule has 3 rings (SSSR count). The zero-order chi connectivity index (χ0) is 18.0. The van der Waals surface area contributed by atoms with Crippen LogP contribution in [0.5, 0.6) is 0 Å². The van der Waals surface area contributed by atoms with Crippen molar-refractivity contribution in [3.05, 3.63) is 74.8 Å². The second kappa shape index (κ2) is 7.21. The normalized spacial score (nSPS) is 10.5. The number of hydrogen-bond donors (Lipinski definition) is 2. The third-order valence-electron chi connectivity index (χ3n) is 3.62. The number of hydrogen-bond acceptors (Lipinski definition) is 3. The predicted octanol–water partition coefficient (Wildman–Crippen LogP) is 4.03. The van der Waals surface area contributed by atoms with Crippen molar-refractivity contribution in [1.82, 2.24) is 15.8 Å². The van der Waals surface area contributed by atoms with Gasteiger partial charge >= 0.3 is 0 Å². The van der Waals surface area contributed by atoms with Crippen molar-refractivity contribution in [1.29, 1.82) is 0 Å². The van der Waals surface area contributed by atoms with Gasteiger partial charge in [0.1, 0.15) is 0 Å². The number of hydrazine groups is 1. The maximum atomic E-state index is 12.4. The van der Waals surface area contributed by atoms with Gasteiger partial charge in [-0.1, -0.05) is 23.7 Å². The smallest absolute Gasteiger partial charge is 0.267 e.